The topological polar surface area (TPSA) is 96.5 Å². The third kappa shape index (κ3) is 3.18. The molecule has 3 heterocycles. The molecule has 28 heavy (non-hydrogen) atoms. The second-order valence-electron chi connectivity index (χ2n) is 6.31. The predicted octanol–water partition coefficient (Wildman–Crippen LogP) is 3.13. The van der Waals surface area contributed by atoms with Gasteiger partial charge in [-0.05, 0) is 43.7 Å². The number of aromatic amines is 1. The van der Waals surface area contributed by atoms with Crippen molar-refractivity contribution in [3.05, 3.63) is 80.6 Å². The minimum atomic E-state index is -0.402. The first-order chi connectivity index (χ1) is 13.4. The second-order valence-corrected chi connectivity index (χ2v) is 6.74. The maximum absolute atomic E-state index is 13.0. The van der Waals surface area contributed by atoms with Crippen LogP contribution < -0.4 is 10.5 Å². The Morgan fingerprint density at radius 1 is 1.21 bits per heavy atom. The van der Waals surface area contributed by atoms with Gasteiger partial charge in [-0.2, -0.15) is 9.50 Å². The van der Waals surface area contributed by atoms with E-state index in [-0.39, 0.29) is 29.6 Å². The standard InChI is InChI=1S/C19H16ClN5O3/c1-11-12(2)21-18-22-19(23-25(18)16(11)26)24(17(27)15-4-3-9-28-15)10-13-5-7-14(20)8-6-13/h3-9H,10H2,1-2H3,(H,21,22,23). The monoisotopic (exact) mass is 397 g/mol. The fourth-order valence-electron chi connectivity index (χ4n) is 2.76. The number of halogens is 1. The quantitative estimate of drug-likeness (QED) is 0.570. The summed E-state index contributed by atoms with van der Waals surface area (Å²) in [6.07, 6.45) is 1.42. The van der Waals surface area contributed by atoms with E-state index < -0.39 is 5.91 Å². The zero-order valence-electron chi connectivity index (χ0n) is 15.1. The van der Waals surface area contributed by atoms with Crippen LogP contribution >= 0.6 is 11.6 Å². The lowest BCUT2D eigenvalue weighted by Gasteiger charge is -2.18. The lowest BCUT2D eigenvalue weighted by Crippen LogP contribution is -2.31. The van der Waals surface area contributed by atoms with Crippen LogP contribution in [-0.2, 0) is 6.54 Å². The summed E-state index contributed by atoms with van der Waals surface area (Å²) in [6, 6.07) is 10.3. The van der Waals surface area contributed by atoms with E-state index in [1.165, 1.54) is 15.7 Å². The summed E-state index contributed by atoms with van der Waals surface area (Å²) in [7, 11) is 0. The third-order valence-electron chi connectivity index (χ3n) is 4.44. The number of furan rings is 1. The van der Waals surface area contributed by atoms with Crippen LogP contribution in [0.3, 0.4) is 0 Å². The molecular weight excluding hydrogens is 382 g/mol. The van der Waals surface area contributed by atoms with Crippen LogP contribution in [0.2, 0.25) is 5.02 Å². The third-order valence-corrected chi connectivity index (χ3v) is 4.69. The average Bonchev–Trinajstić information content (AvgIpc) is 3.35. The summed E-state index contributed by atoms with van der Waals surface area (Å²) in [6.45, 7) is 3.63. The number of anilines is 1. The molecule has 0 aliphatic rings. The molecule has 0 spiro atoms. The van der Waals surface area contributed by atoms with Crippen molar-refractivity contribution in [3.63, 3.8) is 0 Å². The number of nitrogens with zero attached hydrogens (tertiary/aromatic N) is 4. The molecule has 142 valence electrons. The van der Waals surface area contributed by atoms with E-state index in [0.29, 0.717) is 16.3 Å². The first kappa shape index (κ1) is 18.0. The van der Waals surface area contributed by atoms with Crippen molar-refractivity contribution in [1.29, 1.82) is 0 Å². The first-order valence-corrected chi connectivity index (χ1v) is 8.87. The van der Waals surface area contributed by atoms with Gasteiger partial charge in [0.25, 0.3) is 17.2 Å². The predicted molar refractivity (Wildman–Crippen MR) is 104 cm³/mol. The Balaban J connectivity index is 1.81. The molecule has 0 bridgehead atoms. The highest BCUT2D eigenvalue weighted by molar-refractivity contribution is 6.30. The van der Waals surface area contributed by atoms with Crippen molar-refractivity contribution in [2.75, 3.05) is 4.90 Å². The van der Waals surface area contributed by atoms with Crippen molar-refractivity contribution in [2.24, 2.45) is 0 Å². The van der Waals surface area contributed by atoms with Crippen LogP contribution in [0.4, 0.5) is 5.95 Å². The van der Waals surface area contributed by atoms with Crippen LogP contribution in [-0.4, -0.2) is 25.5 Å². The fourth-order valence-corrected chi connectivity index (χ4v) is 2.89. The van der Waals surface area contributed by atoms with E-state index in [0.717, 1.165) is 5.56 Å². The SMILES string of the molecule is Cc1nc2nc(N(Cc3ccc(Cl)cc3)C(=O)c3ccco3)[nH]n2c(=O)c1C. The molecule has 1 N–H and O–H groups in total. The molecule has 0 aliphatic heterocycles. The van der Waals surface area contributed by atoms with Crippen molar-refractivity contribution >= 4 is 29.2 Å². The van der Waals surface area contributed by atoms with E-state index in [9.17, 15) is 9.59 Å². The molecule has 0 saturated heterocycles. The van der Waals surface area contributed by atoms with Crippen LogP contribution in [0.15, 0.2) is 51.9 Å². The van der Waals surface area contributed by atoms with Gasteiger partial charge in [0.2, 0.25) is 5.95 Å². The van der Waals surface area contributed by atoms with E-state index in [1.807, 2.05) is 12.1 Å². The zero-order valence-corrected chi connectivity index (χ0v) is 15.9. The van der Waals surface area contributed by atoms with Crippen molar-refractivity contribution in [1.82, 2.24) is 19.6 Å². The van der Waals surface area contributed by atoms with Gasteiger partial charge in [-0.15, -0.1) is 0 Å². The molecule has 0 saturated carbocycles. The molecule has 4 aromatic rings. The van der Waals surface area contributed by atoms with Gasteiger partial charge in [0.15, 0.2) is 5.76 Å². The summed E-state index contributed by atoms with van der Waals surface area (Å²) < 4.78 is 6.48. The fraction of sp³-hybridized carbons (Fsp3) is 0.158. The minimum Gasteiger partial charge on any atom is -0.459 e. The highest BCUT2D eigenvalue weighted by Gasteiger charge is 2.24. The van der Waals surface area contributed by atoms with Crippen LogP contribution in [0.25, 0.3) is 5.78 Å². The number of carbonyl (C=O) groups is 1. The molecule has 1 amide bonds. The largest absolute Gasteiger partial charge is 0.459 e. The molecule has 4 rings (SSSR count). The van der Waals surface area contributed by atoms with Gasteiger partial charge in [0.1, 0.15) is 0 Å². The minimum absolute atomic E-state index is 0.155. The molecule has 1 aromatic carbocycles. The smallest absolute Gasteiger partial charge is 0.296 e. The number of benzene rings is 1. The maximum Gasteiger partial charge on any atom is 0.296 e. The molecule has 9 heteroatoms. The number of hydrogen-bond donors (Lipinski definition) is 1. The van der Waals surface area contributed by atoms with E-state index in [1.54, 1.807) is 38.1 Å². The normalized spacial score (nSPS) is 11.1. The van der Waals surface area contributed by atoms with Crippen molar-refractivity contribution in [3.8, 4) is 0 Å². The zero-order chi connectivity index (χ0) is 19.8. The van der Waals surface area contributed by atoms with Gasteiger partial charge < -0.3 is 4.42 Å². The van der Waals surface area contributed by atoms with Crippen LogP contribution in [0, 0.1) is 13.8 Å². The summed E-state index contributed by atoms with van der Waals surface area (Å²) in [5, 5.41) is 3.47. The van der Waals surface area contributed by atoms with Gasteiger partial charge in [-0.3, -0.25) is 19.6 Å². The lowest BCUT2D eigenvalue weighted by atomic mass is 10.2. The highest BCUT2D eigenvalue weighted by Crippen LogP contribution is 2.19. The van der Waals surface area contributed by atoms with Crippen molar-refractivity contribution < 1.29 is 9.21 Å². The maximum atomic E-state index is 13.0. The molecule has 3 aromatic heterocycles. The summed E-state index contributed by atoms with van der Waals surface area (Å²) in [4.78, 5) is 35.6. The van der Waals surface area contributed by atoms with Crippen molar-refractivity contribution in [2.45, 2.75) is 20.4 Å². The summed E-state index contributed by atoms with van der Waals surface area (Å²) >= 11 is 5.95. The lowest BCUT2D eigenvalue weighted by molar-refractivity contribution is 0.0956. The molecular formula is C19H16ClN5O3. The van der Waals surface area contributed by atoms with Gasteiger partial charge in [0.05, 0.1) is 12.8 Å². The van der Waals surface area contributed by atoms with Crippen LogP contribution in [0.5, 0.6) is 0 Å². The number of carbonyl (C=O) groups excluding carboxylic acids is 1. The molecule has 0 fully saturated rings. The molecule has 0 radical (unpaired) electrons. The van der Waals surface area contributed by atoms with Gasteiger partial charge in [0, 0.05) is 16.3 Å². The number of aromatic nitrogens is 4. The highest BCUT2D eigenvalue weighted by atomic mass is 35.5. The average molecular weight is 398 g/mol. The number of H-pyrrole nitrogens is 1. The number of rotatable bonds is 4. The van der Waals surface area contributed by atoms with Crippen LogP contribution in [0.1, 0.15) is 27.4 Å². The number of aryl methyl sites for hydroxylation is 1. The Hall–Kier alpha value is -3.39. The molecule has 0 aliphatic carbocycles. The van der Waals surface area contributed by atoms with Gasteiger partial charge >= 0.3 is 0 Å². The summed E-state index contributed by atoms with van der Waals surface area (Å²) in [5.41, 5.74) is 1.66. The number of nitrogens with one attached hydrogen (secondary N) is 1. The molecule has 0 atom stereocenters. The van der Waals surface area contributed by atoms with E-state index >= 15 is 0 Å². The second kappa shape index (κ2) is 6.97. The Morgan fingerprint density at radius 3 is 2.64 bits per heavy atom. The number of hydrogen-bond acceptors (Lipinski definition) is 5. The van der Waals surface area contributed by atoms with Gasteiger partial charge in [-0.25, -0.2) is 4.98 Å². The summed E-state index contributed by atoms with van der Waals surface area (Å²) in [5.74, 6) is 0.130. The Labute approximate surface area is 164 Å². The Bertz CT molecular complexity index is 1210. The van der Waals surface area contributed by atoms with E-state index in [2.05, 4.69) is 15.1 Å². The van der Waals surface area contributed by atoms with E-state index in [4.69, 9.17) is 16.0 Å². The Morgan fingerprint density at radius 2 is 1.96 bits per heavy atom. The molecule has 0 unspecified atom stereocenters. The Kier molecular flexibility index (Phi) is 4.48. The number of fused-ring (bicyclic) bond motifs is 1. The van der Waals surface area contributed by atoms with Gasteiger partial charge in [-0.1, -0.05) is 23.7 Å². The molecule has 8 nitrogen and oxygen atoms in total. The first-order valence-electron chi connectivity index (χ1n) is 8.50. The number of amides is 1.